The number of para-hydroxylation sites is 2. The predicted molar refractivity (Wildman–Crippen MR) is 105 cm³/mol. The number of thioether (sulfide) groups is 1. The Morgan fingerprint density at radius 1 is 1.38 bits per heavy atom. The molecule has 1 aromatic heterocycles. The molecule has 26 heavy (non-hydrogen) atoms. The molecule has 0 unspecified atom stereocenters. The van der Waals surface area contributed by atoms with E-state index in [9.17, 15) is 9.59 Å². The van der Waals surface area contributed by atoms with Crippen molar-refractivity contribution in [3.8, 4) is 0 Å². The lowest BCUT2D eigenvalue weighted by molar-refractivity contribution is -0.135. The molecular weight excluding hydrogens is 348 g/mol. The monoisotopic (exact) mass is 374 g/mol. The van der Waals surface area contributed by atoms with Gasteiger partial charge in [0.25, 0.3) is 0 Å². The highest BCUT2D eigenvalue weighted by Crippen LogP contribution is 2.28. The van der Waals surface area contributed by atoms with Gasteiger partial charge in [-0.25, -0.2) is 4.98 Å². The zero-order chi connectivity index (χ0) is 18.7. The molecule has 0 radical (unpaired) electrons. The van der Waals surface area contributed by atoms with E-state index in [0.717, 1.165) is 29.0 Å². The first-order chi connectivity index (χ1) is 12.5. The van der Waals surface area contributed by atoms with Crippen LogP contribution < -0.4 is 5.32 Å². The molecule has 3 rings (SSSR count). The van der Waals surface area contributed by atoms with Crippen molar-refractivity contribution in [1.29, 1.82) is 0 Å². The quantitative estimate of drug-likeness (QED) is 0.843. The summed E-state index contributed by atoms with van der Waals surface area (Å²) in [5, 5.41) is 2.82. The standard InChI is InChI=1S/C19H26N4O2S/c1-13-20-16-6-4-5-7-18(16)23(13)15-8-10-22(12-15)19(25)17(9-11-26-3)21-14(2)24/h4-7,15,17H,8-12H2,1-3H3,(H,21,24)/t15-,17-/m1/s1. The molecule has 0 bridgehead atoms. The van der Waals surface area contributed by atoms with Gasteiger partial charge in [0, 0.05) is 20.0 Å². The second-order valence-corrected chi connectivity index (χ2v) is 7.76. The van der Waals surface area contributed by atoms with Gasteiger partial charge in [-0.2, -0.15) is 11.8 Å². The first kappa shape index (κ1) is 18.8. The van der Waals surface area contributed by atoms with Crippen molar-refractivity contribution in [3.05, 3.63) is 30.1 Å². The Hall–Kier alpha value is -2.02. The smallest absolute Gasteiger partial charge is 0.245 e. The van der Waals surface area contributed by atoms with Crippen LogP contribution in [0.25, 0.3) is 11.0 Å². The Balaban J connectivity index is 1.75. The third-order valence-electron chi connectivity index (χ3n) is 4.90. The fourth-order valence-corrected chi connectivity index (χ4v) is 4.21. The number of aryl methyl sites for hydroxylation is 1. The third-order valence-corrected chi connectivity index (χ3v) is 5.54. The fourth-order valence-electron chi connectivity index (χ4n) is 3.74. The Morgan fingerprint density at radius 2 is 2.15 bits per heavy atom. The molecule has 1 aliphatic heterocycles. The molecule has 6 nitrogen and oxygen atoms in total. The maximum absolute atomic E-state index is 12.9. The second-order valence-electron chi connectivity index (χ2n) is 6.78. The molecule has 2 atom stereocenters. The molecule has 1 N–H and O–H groups in total. The van der Waals surface area contributed by atoms with Crippen LogP contribution in [-0.2, 0) is 9.59 Å². The molecule has 0 spiro atoms. The number of aromatic nitrogens is 2. The van der Waals surface area contributed by atoms with Crippen molar-refractivity contribution >= 4 is 34.6 Å². The van der Waals surface area contributed by atoms with Gasteiger partial charge in [0.15, 0.2) is 0 Å². The number of rotatable bonds is 6. The summed E-state index contributed by atoms with van der Waals surface area (Å²) in [6.07, 6.45) is 3.57. The van der Waals surface area contributed by atoms with Crippen molar-refractivity contribution in [2.24, 2.45) is 0 Å². The molecule has 2 amide bonds. The van der Waals surface area contributed by atoms with Crippen molar-refractivity contribution in [2.45, 2.75) is 38.8 Å². The van der Waals surface area contributed by atoms with Gasteiger partial charge >= 0.3 is 0 Å². The van der Waals surface area contributed by atoms with Gasteiger partial charge in [-0.1, -0.05) is 12.1 Å². The third kappa shape index (κ3) is 3.87. The first-order valence-corrected chi connectivity index (χ1v) is 10.4. The van der Waals surface area contributed by atoms with Gasteiger partial charge in [0.2, 0.25) is 11.8 Å². The van der Waals surface area contributed by atoms with E-state index in [1.54, 1.807) is 11.8 Å². The van der Waals surface area contributed by atoms with E-state index in [-0.39, 0.29) is 17.9 Å². The summed E-state index contributed by atoms with van der Waals surface area (Å²) in [6, 6.07) is 7.91. The van der Waals surface area contributed by atoms with Gasteiger partial charge in [-0.15, -0.1) is 0 Å². The minimum absolute atomic E-state index is 0.0267. The summed E-state index contributed by atoms with van der Waals surface area (Å²) in [5.41, 5.74) is 2.11. The molecule has 1 aromatic carbocycles. The van der Waals surface area contributed by atoms with Gasteiger partial charge in [0.05, 0.1) is 17.1 Å². The Labute approximate surface area is 158 Å². The van der Waals surface area contributed by atoms with Gasteiger partial charge in [0.1, 0.15) is 11.9 Å². The highest BCUT2D eigenvalue weighted by Gasteiger charge is 2.32. The fraction of sp³-hybridized carbons (Fsp3) is 0.526. The van der Waals surface area contributed by atoms with Crippen molar-refractivity contribution in [2.75, 3.05) is 25.1 Å². The van der Waals surface area contributed by atoms with Crippen LogP contribution in [0.2, 0.25) is 0 Å². The molecule has 140 valence electrons. The lowest BCUT2D eigenvalue weighted by Crippen LogP contribution is -2.47. The Bertz CT molecular complexity index is 804. The van der Waals surface area contributed by atoms with Crippen LogP contribution in [0.4, 0.5) is 0 Å². The normalized spacial score (nSPS) is 18.3. The van der Waals surface area contributed by atoms with Gasteiger partial charge < -0.3 is 14.8 Å². The van der Waals surface area contributed by atoms with Crippen LogP contribution in [0.15, 0.2) is 24.3 Å². The molecule has 0 aliphatic carbocycles. The summed E-state index contributed by atoms with van der Waals surface area (Å²) in [5.74, 6) is 1.70. The van der Waals surface area contributed by atoms with E-state index in [0.29, 0.717) is 19.5 Å². The van der Waals surface area contributed by atoms with Crippen LogP contribution >= 0.6 is 11.8 Å². The minimum Gasteiger partial charge on any atom is -0.345 e. The lowest BCUT2D eigenvalue weighted by Gasteiger charge is -2.24. The SMILES string of the molecule is CSCC[C@@H](NC(C)=O)C(=O)N1CC[C@@H](n2c(C)nc3ccccc32)C1. The molecule has 2 heterocycles. The second kappa shape index (κ2) is 8.12. The zero-order valence-corrected chi connectivity index (χ0v) is 16.4. The number of likely N-dealkylation sites (tertiary alicyclic amines) is 1. The van der Waals surface area contributed by atoms with Crippen LogP contribution in [0.1, 0.15) is 31.6 Å². The number of nitrogens with one attached hydrogen (secondary N) is 1. The van der Waals surface area contributed by atoms with E-state index in [2.05, 4.69) is 20.9 Å². The number of amides is 2. The average molecular weight is 375 g/mol. The van der Waals surface area contributed by atoms with E-state index >= 15 is 0 Å². The molecule has 1 saturated heterocycles. The van der Waals surface area contributed by atoms with E-state index < -0.39 is 6.04 Å². The minimum atomic E-state index is -0.431. The summed E-state index contributed by atoms with van der Waals surface area (Å²) in [4.78, 5) is 30.9. The first-order valence-electron chi connectivity index (χ1n) is 8.99. The number of carbonyl (C=O) groups is 2. The van der Waals surface area contributed by atoms with Crippen LogP contribution in [0, 0.1) is 6.92 Å². The van der Waals surface area contributed by atoms with Crippen molar-refractivity contribution in [3.63, 3.8) is 0 Å². The molecule has 7 heteroatoms. The molecule has 1 fully saturated rings. The van der Waals surface area contributed by atoms with E-state index in [1.807, 2.05) is 36.3 Å². The van der Waals surface area contributed by atoms with Gasteiger partial charge in [-0.3, -0.25) is 9.59 Å². The molecule has 1 aliphatic rings. The maximum atomic E-state index is 12.9. The number of nitrogens with zero attached hydrogens (tertiary/aromatic N) is 3. The number of imidazole rings is 1. The molecule has 2 aromatic rings. The summed E-state index contributed by atoms with van der Waals surface area (Å²) in [6.45, 7) is 4.86. The van der Waals surface area contributed by atoms with Crippen LogP contribution in [-0.4, -0.2) is 57.4 Å². The van der Waals surface area contributed by atoms with E-state index in [1.165, 1.54) is 6.92 Å². The molecular formula is C19H26N4O2S. The van der Waals surface area contributed by atoms with Crippen molar-refractivity contribution < 1.29 is 9.59 Å². The lowest BCUT2D eigenvalue weighted by atomic mass is 10.2. The topological polar surface area (TPSA) is 67.2 Å². The largest absolute Gasteiger partial charge is 0.345 e. The zero-order valence-electron chi connectivity index (χ0n) is 15.6. The summed E-state index contributed by atoms with van der Waals surface area (Å²) < 4.78 is 2.25. The summed E-state index contributed by atoms with van der Waals surface area (Å²) >= 11 is 1.68. The highest BCUT2D eigenvalue weighted by molar-refractivity contribution is 7.98. The predicted octanol–water partition coefficient (Wildman–Crippen LogP) is 2.38. The molecule has 0 saturated carbocycles. The number of carbonyl (C=O) groups excluding carboxylic acids is 2. The Kier molecular flexibility index (Phi) is 5.86. The van der Waals surface area contributed by atoms with E-state index in [4.69, 9.17) is 0 Å². The highest BCUT2D eigenvalue weighted by atomic mass is 32.2. The average Bonchev–Trinajstić information content (AvgIpc) is 3.20. The van der Waals surface area contributed by atoms with Crippen molar-refractivity contribution in [1.82, 2.24) is 19.8 Å². The number of benzene rings is 1. The number of fused-ring (bicyclic) bond motifs is 1. The van der Waals surface area contributed by atoms with Gasteiger partial charge in [-0.05, 0) is 43.9 Å². The number of hydrogen-bond acceptors (Lipinski definition) is 4. The summed E-state index contributed by atoms with van der Waals surface area (Å²) in [7, 11) is 0. The van der Waals surface area contributed by atoms with Crippen LogP contribution in [0.5, 0.6) is 0 Å². The number of hydrogen-bond donors (Lipinski definition) is 1. The maximum Gasteiger partial charge on any atom is 0.245 e. The van der Waals surface area contributed by atoms with Crippen LogP contribution in [0.3, 0.4) is 0 Å². The Morgan fingerprint density at radius 3 is 2.88 bits per heavy atom.